The molecular formula is C14H21F2NS. The van der Waals surface area contributed by atoms with Crippen molar-refractivity contribution in [3.8, 4) is 0 Å². The molecule has 0 aromatic carbocycles. The van der Waals surface area contributed by atoms with Gasteiger partial charge in [-0.1, -0.05) is 13.0 Å². The van der Waals surface area contributed by atoms with Gasteiger partial charge in [-0.2, -0.15) is 0 Å². The maximum atomic E-state index is 13.3. The van der Waals surface area contributed by atoms with Gasteiger partial charge in [0.1, 0.15) is 0 Å². The van der Waals surface area contributed by atoms with Crippen LogP contribution in [0.4, 0.5) is 8.78 Å². The molecule has 1 aromatic rings. The fourth-order valence-corrected chi connectivity index (χ4v) is 3.58. The Balaban J connectivity index is 1.83. The molecule has 2 unspecified atom stereocenters. The normalized spacial score (nSPS) is 24.9. The predicted molar refractivity (Wildman–Crippen MR) is 72.3 cm³/mol. The second-order valence-corrected chi connectivity index (χ2v) is 6.18. The van der Waals surface area contributed by atoms with Gasteiger partial charge in [-0.3, -0.25) is 0 Å². The lowest BCUT2D eigenvalue weighted by Gasteiger charge is -2.30. The minimum Gasteiger partial charge on any atom is -0.309 e. The van der Waals surface area contributed by atoms with E-state index in [9.17, 15) is 8.78 Å². The monoisotopic (exact) mass is 273 g/mol. The summed E-state index contributed by atoms with van der Waals surface area (Å²) in [5, 5.41) is 5.52. The molecule has 0 aliphatic heterocycles. The van der Waals surface area contributed by atoms with Crippen LogP contribution in [-0.2, 0) is 0 Å². The van der Waals surface area contributed by atoms with Gasteiger partial charge in [-0.25, -0.2) is 8.78 Å². The molecule has 1 aliphatic rings. The Bertz CT molecular complexity index is 351. The third-order valence-corrected chi connectivity index (χ3v) is 4.68. The van der Waals surface area contributed by atoms with E-state index in [4.69, 9.17) is 0 Å². The van der Waals surface area contributed by atoms with Crippen LogP contribution in [0, 0.1) is 5.92 Å². The van der Waals surface area contributed by atoms with Gasteiger partial charge in [0.15, 0.2) is 0 Å². The third-order valence-electron chi connectivity index (χ3n) is 3.69. The first-order valence-corrected chi connectivity index (χ1v) is 7.63. The van der Waals surface area contributed by atoms with Gasteiger partial charge >= 0.3 is 0 Å². The van der Waals surface area contributed by atoms with Crippen molar-refractivity contribution in [1.82, 2.24) is 5.32 Å². The SMILES string of the molecule is CCC(NCC1CCCC(F)(F)C1)c1cccs1. The molecule has 0 saturated heterocycles. The van der Waals surface area contributed by atoms with Crippen LogP contribution in [0.3, 0.4) is 0 Å². The molecule has 102 valence electrons. The van der Waals surface area contributed by atoms with E-state index in [1.54, 1.807) is 11.3 Å². The number of rotatable bonds is 5. The molecule has 2 rings (SSSR count). The van der Waals surface area contributed by atoms with Crippen LogP contribution in [0.25, 0.3) is 0 Å². The van der Waals surface area contributed by atoms with Crippen molar-refractivity contribution in [2.75, 3.05) is 6.54 Å². The van der Waals surface area contributed by atoms with Crippen LogP contribution in [-0.4, -0.2) is 12.5 Å². The average molecular weight is 273 g/mol. The first kappa shape index (κ1) is 13.9. The quantitative estimate of drug-likeness (QED) is 0.825. The smallest absolute Gasteiger partial charge is 0.248 e. The summed E-state index contributed by atoms with van der Waals surface area (Å²) in [6.07, 6.45) is 2.73. The van der Waals surface area contributed by atoms with E-state index in [-0.39, 0.29) is 18.8 Å². The zero-order chi connectivity index (χ0) is 13.0. The van der Waals surface area contributed by atoms with Crippen molar-refractivity contribution in [1.29, 1.82) is 0 Å². The van der Waals surface area contributed by atoms with E-state index in [1.807, 2.05) is 6.07 Å². The van der Waals surface area contributed by atoms with Crippen molar-refractivity contribution >= 4 is 11.3 Å². The fourth-order valence-electron chi connectivity index (χ4n) is 2.69. The highest BCUT2D eigenvalue weighted by molar-refractivity contribution is 7.10. The summed E-state index contributed by atoms with van der Waals surface area (Å²) in [6, 6.07) is 4.47. The predicted octanol–water partition coefficient (Wildman–Crippen LogP) is 4.61. The summed E-state index contributed by atoms with van der Waals surface area (Å²) in [6.45, 7) is 2.85. The molecule has 0 bridgehead atoms. The van der Waals surface area contributed by atoms with Gasteiger partial charge < -0.3 is 5.32 Å². The van der Waals surface area contributed by atoms with Crippen LogP contribution >= 0.6 is 11.3 Å². The first-order chi connectivity index (χ1) is 8.61. The van der Waals surface area contributed by atoms with Gasteiger partial charge in [-0.15, -0.1) is 11.3 Å². The van der Waals surface area contributed by atoms with E-state index in [0.717, 1.165) is 12.8 Å². The van der Waals surface area contributed by atoms with E-state index in [1.165, 1.54) is 4.88 Å². The molecule has 0 radical (unpaired) electrons. The summed E-state index contributed by atoms with van der Waals surface area (Å²) in [4.78, 5) is 1.31. The van der Waals surface area contributed by atoms with Crippen LogP contribution in [0.1, 0.15) is 49.9 Å². The van der Waals surface area contributed by atoms with Crippen molar-refractivity contribution in [3.05, 3.63) is 22.4 Å². The summed E-state index contributed by atoms with van der Waals surface area (Å²) in [5.41, 5.74) is 0. The third kappa shape index (κ3) is 3.75. The van der Waals surface area contributed by atoms with Crippen LogP contribution < -0.4 is 5.32 Å². The van der Waals surface area contributed by atoms with E-state index < -0.39 is 5.92 Å². The molecule has 1 N–H and O–H groups in total. The number of hydrogen-bond acceptors (Lipinski definition) is 2. The average Bonchev–Trinajstić information content (AvgIpc) is 2.82. The van der Waals surface area contributed by atoms with E-state index >= 15 is 0 Å². The lowest BCUT2D eigenvalue weighted by atomic mass is 9.86. The highest BCUT2D eigenvalue weighted by Crippen LogP contribution is 2.36. The lowest BCUT2D eigenvalue weighted by Crippen LogP contribution is -2.33. The number of thiophene rings is 1. The topological polar surface area (TPSA) is 12.0 Å². The maximum absolute atomic E-state index is 13.3. The Labute approximate surface area is 112 Å². The Morgan fingerprint density at radius 1 is 1.56 bits per heavy atom. The van der Waals surface area contributed by atoms with Crippen molar-refractivity contribution < 1.29 is 8.78 Å². The summed E-state index contributed by atoms with van der Waals surface area (Å²) in [7, 11) is 0. The number of nitrogens with one attached hydrogen (secondary N) is 1. The van der Waals surface area contributed by atoms with Gasteiger partial charge in [-0.05, 0) is 43.2 Å². The zero-order valence-corrected chi connectivity index (χ0v) is 11.6. The Morgan fingerprint density at radius 3 is 3.00 bits per heavy atom. The molecule has 1 heterocycles. The van der Waals surface area contributed by atoms with Crippen LogP contribution in [0.15, 0.2) is 17.5 Å². The standard InChI is InChI=1S/C14H21F2NS/c1-2-12(13-6-4-8-18-13)17-10-11-5-3-7-14(15,16)9-11/h4,6,8,11-12,17H,2-3,5,7,9-10H2,1H3. The molecule has 2 atom stereocenters. The summed E-state index contributed by atoms with van der Waals surface area (Å²) in [5.74, 6) is -2.31. The van der Waals surface area contributed by atoms with Crippen molar-refractivity contribution in [3.63, 3.8) is 0 Å². The minimum atomic E-state index is -2.44. The van der Waals surface area contributed by atoms with Gasteiger partial charge in [0.05, 0.1) is 0 Å². The lowest BCUT2D eigenvalue weighted by molar-refractivity contribution is -0.0523. The van der Waals surface area contributed by atoms with Crippen LogP contribution in [0.2, 0.25) is 0 Å². The van der Waals surface area contributed by atoms with E-state index in [0.29, 0.717) is 19.0 Å². The number of halogens is 2. The largest absolute Gasteiger partial charge is 0.309 e. The molecule has 1 saturated carbocycles. The van der Waals surface area contributed by atoms with Gasteiger partial charge in [0, 0.05) is 23.8 Å². The Hall–Kier alpha value is -0.480. The second kappa shape index (κ2) is 6.11. The summed E-state index contributed by atoms with van der Waals surface area (Å²) >= 11 is 1.73. The molecule has 1 nitrogen and oxygen atoms in total. The van der Waals surface area contributed by atoms with Crippen molar-refractivity contribution in [2.45, 2.75) is 51.0 Å². The first-order valence-electron chi connectivity index (χ1n) is 6.75. The minimum absolute atomic E-state index is 0.0564. The Kier molecular flexibility index (Phi) is 4.73. The van der Waals surface area contributed by atoms with Crippen molar-refractivity contribution in [2.24, 2.45) is 5.92 Å². The molecule has 18 heavy (non-hydrogen) atoms. The number of alkyl halides is 2. The summed E-state index contributed by atoms with van der Waals surface area (Å²) < 4.78 is 26.6. The molecular weight excluding hydrogens is 252 g/mol. The van der Waals surface area contributed by atoms with Gasteiger partial charge in [0.2, 0.25) is 5.92 Å². The molecule has 0 spiro atoms. The second-order valence-electron chi connectivity index (χ2n) is 5.20. The highest BCUT2D eigenvalue weighted by atomic mass is 32.1. The number of hydrogen-bond donors (Lipinski definition) is 1. The van der Waals surface area contributed by atoms with Gasteiger partial charge in [0.25, 0.3) is 0 Å². The maximum Gasteiger partial charge on any atom is 0.248 e. The van der Waals surface area contributed by atoms with Crippen LogP contribution in [0.5, 0.6) is 0 Å². The molecule has 1 aromatic heterocycles. The highest BCUT2D eigenvalue weighted by Gasteiger charge is 2.36. The Morgan fingerprint density at radius 2 is 2.39 bits per heavy atom. The van der Waals surface area contributed by atoms with E-state index in [2.05, 4.69) is 23.7 Å². The fraction of sp³-hybridized carbons (Fsp3) is 0.714. The zero-order valence-electron chi connectivity index (χ0n) is 10.8. The molecule has 1 fully saturated rings. The molecule has 4 heteroatoms. The molecule has 0 amide bonds. The molecule has 1 aliphatic carbocycles.